The summed E-state index contributed by atoms with van der Waals surface area (Å²) >= 11 is 9.59. The van der Waals surface area contributed by atoms with Crippen LogP contribution in [0.3, 0.4) is 0 Å². The first-order valence-electron chi connectivity index (χ1n) is 15.4. The molecule has 1 aromatic carbocycles. The number of fused-ring (bicyclic) bond motifs is 2. The van der Waals surface area contributed by atoms with Crippen molar-refractivity contribution in [3.8, 4) is 23.2 Å². The Bertz CT molecular complexity index is 1480. The van der Waals surface area contributed by atoms with Gasteiger partial charge in [-0.05, 0) is 51.9 Å². The number of hydrogen-bond acceptors (Lipinski definition) is 6. The first kappa shape index (κ1) is 36.0. The summed E-state index contributed by atoms with van der Waals surface area (Å²) in [6, 6.07) is -1.04. The van der Waals surface area contributed by atoms with Crippen LogP contribution in [0.5, 0.6) is 11.8 Å². The summed E-state index contributed by atoms with van der Waals surface area (Å²) < 4.78 is 67.8. The largest absolute Gasteiger partial charge is 0.488 e. The molecule has 2 saturated heterocycles. The number of nitrogens with one attached hydrogen (secondary N) is 2. The van der Waals surface area contributed by atoms with Crippen LogP contribution in [-0.4, -0.2) is 80.0 Å². The van der Waals surface area contributed by atoms with E-state index >= 15 is 4.39 Å². The molecule has 0 saturated carbocycles. The van der Waals surface area contributed by atoms with Crippen molar-refractivity contribution >= 4 is 46.5 Å². The van der Waals surface area contributed by atoms with E-state index in [1.54, 1.807) is 0 Å². The third-order valence-corrected chi connectivity index (χ3v) is 17.0. The van der Waals surface area contributed by atoms with Crippen molar-refractivity contribution in [3.63, 3.8) is 0 Å². The highest BCUT2D eigenvalue weighted by Gasteiger charge is 2.49. The van der Waals surface area contributed by atoms with E-state index in [0.717, 1.165) is 19.4 Å². The number of ether oxygens (including phenoxy) is 2. The molecule has 0 radical (unpaired) electrons. The van der Waals surface area contributed by atoms with Crippen molar-refractivity contribution in [2.75, 3.05) is 32.8 Å². The van der Waals surface area contributed by atoms with Crippen LogP contribution < -0.4 is 20.3 Å². The molecule has 0 bridgehead atoms. The molecule has 4 rings (SSSR count). The van der Waals surface area contributed by atoms with Crippen LogP contribution in [0, 0.1) is 17.3 Å². The van der Waals surface area contributed by atoms with Gasteiger partial charge in [0.05, 0.1) is 16.6 Å². The Kier molecular flexibility index (Phi) is 11.6. The van der Waals surface area contributed by atoms with Gasteiger partial charge in [-0.3, -0.25) is 20.0 Å². The van der Waals surface area contributed by atoms with Crippen molar-refractivity contribution in [1.29, 1.82) is 0 Å². The highest BCUT2D eigenvalue weighted by molar-refractivity contribution is 9.10. The second-order valence-electron chi connectivity index (χ2n) is 13.1. The van der Waals surface area contributed by atoms with Crippen LogP contribution in [0.15, 0.2) is 9.27 Å². The summed E-state index contributed by atoms with van der Waals surface area (Å²) in [5.74, 6) is 2.12. The Morgan fingerprint density at radius 2 is 1.87 bits per heavy atom. The first-order chi connectivity index (χ1) is 21.1. The lowest BCUT2D eigenvalue weighted by Gasteiger charge is -2.38. The number of aromatic nitrogens is 2. The number of hydrogen-bond donors (Lipinski definition) is 2. The van der Waals surface area contributed by atoms with E-state index in [1.165, 1.54) is 0 Å². The molecule has 2 fully saturated rings. The molecular weight excluding hydrogens is 696 g/mol. The summed E-state index contributed by atoms with van der Waals surface area (Å²) in [7, 11) is -2.20. The molecule has 250 valence electrons. The molecule has 2 aliphatic heterocycles. The molecule has 3 heterocycles. The maximum absolute atomic E-state index is 15.5. The predicted molar refractivity (Wildman–Crippen MR) is 176 cm³/mol. The van der Waals surface area contributed by atoms with E-state index in [0.29, 0.717) is 29.6 Å². The van der Waals surface area contributed by atoms with E-state index in [2.05, 4.69) is 89.1 Å². The third kappa shape index (κ3) is 7.35. The normalized spacial score (nSPS) is 21.2. The van der Waals surface area contributed by atoms with Crippen LogP contribution in [-0.2, 0) is 0 Å². The summed E-state index contributed by atoms with van der Waals surface area (Å²) in [5, 5.41) is 2.29. The Labute approximate surface area is 276 Å². The van der Waals surface area contributed by atoms with Gasteiger partial charge < -0.3 is 9.47 Å². The second-order valence-corrected chi connectivity index (χ2v) is 19.8. The number of alkyl halides is 3. The van der Waals surface area contributed by atoms with Gasteiger partial charge in [-0.1, -0.05) is 59.1 Å². The fourth-order valence-electron chi connectivity index (χ4n) is 7.28. The molecule has 2 aliphatic rings. The third-order valence-electron chi connectivity index (χ3n) is 9.40. The molecule has 0 amide bonds. The van der Waals surface area contributed by atoms with E-state index in [9.17, 15) is 18.0 Å². The maximum atomic E-state index is 15.5. The molecule has 2 aromatic rings. The van der Waals surface area contributed by atoms with Gasteiger partial charge in [0, 0.05) is 13.0 Å². The fraction of sp³-hybridized carbons (Fsp3) is 0.677. The van der Waals surface area contributed by atoms with Crippen molar-refractivity contribution < 1.29 is 27.0 Å². The minimum atomic E-state index is -2.62. The van der Waals surface area contributed by atoms with Crippen LogP contribution in [0.1, 0.15) is 60.8 Å². The molecule has 7 nitrogen and oxygen atoms in total. The Balaban J connectivity index is 1.66. The van der Waals surface area contributed by atoms with Crippen LogP contribution in [0.25, 0.3) is 10.9 Å². The molecule has 0 spiro atoms. The van der Waals surface area contributed by atoms with Crippen LogP contribution in [0.4, 0.5) is 17.6 Å². The minimum absolute atomic E-state index is 0.0890. The van der Waals surface area contributed by atoms with Gasteiger partial charge in [0.1, 0.15) is 49.4 Å². The lowest BCUT2D eigenvalue weighted by Crippen LogP contribution is -2.44. The standard InChI is InChI=1S/C31H42BrClF4N4O3Si/c1-17(2)45(18(3)4,19(5)6)11-8-21(38-13-22(35)36)15-43-28-23-27(26(37)24(32)25(28)33)39-30(40-29(23)42)44-16-31-9-7-10-41(31)14-20(34)12-31/h17-22,38H,7,9-10,12-16H2,1-6H3,(H,39,40,42)/t20-,21?,31+/m1/s1. The zero-order valence-electron chi connectivity index (χ0n) is 26.5. The fourth-order valence-corrected chi connectivity index (χ4v) is 13.2. The van der Waals surface area contributed by atoms with Gasteiger partial charge in [-0.25, -0.2) is 17.6 Å². The van der Waals surface area contributed by atoms with Gasteiger partial charge in [0.15, 0.2) is 11.6 Å². The Hall–Kier alpha value is -1.85. The molecule has 0 aliphatic carbocycles. The molecule has 2 N–H and O–H groups in total. The first-order valence-corrected chi connectivity index (χ1v) is 18.8. The minimum Gasteiger partial charge on any atom is -0.488 e. The lowest BCUT2D eigenvalue weighted by atomic mass is 9.95. The van der Waals surface area contributed by atoms with Crippen molar-refractivity contribution in [2.45, 2.75) is 102 Å². The van der Waals surface area contributed by atoms with Gasteiger partial charge in [-0.15, -0.1) is 5.54 Å². The molecular formula is C31H42BrClF4N4O3Si. The van der Waals surface area contributed by atoms with Crippen LogP contribution in [0.2, 0.25) is 21.6 Å². The molecule has 14 heteroatoms. The molecule has 1 aromatic heterocycles. The highest BCUT2D eigenvalue weighted by Crippen LogP contribution is 2.43. The highest BCUT2D eigenvalue weighted by atomic mass is 79.9. The zero-order chi connectivity index (χ0) is 33.3. The molecule has 3 atom stereocenters. The Morgan fingerprint density at radius 1 is 1.20 bits per heavy atom. The van der Waals surface area contributed by atoms with Gasteiger partial charge in [0.25, 0.3) is 18.0 Å². The number of H-pyrrole nitrogens is 1. The average molecular weight is 738 g/mol. The number of benzene rings is 1. The van der Waals surface area contributed by atoms with E-state index in [1.807, 2.05) is 0 Å². The average Bonchev–Trinajstić information content (AvgIpc) is 3.48. The van der Waals surface area contributed by atoms with E-state index < -0.39 is 50.2 Å². The van der Waals surface area contributed by atoms with Crippen molar-refractivity contribution in [1.82, 2.24) is 20.2 Å². The smallest absolute Gasteiger partial charge is 0.297 e. The van der Waals surface area contributed by atoms with Crippen LogP contribution >= 0.6 is 27.5 Å². The second kappa shape index (κ2) is 14.5. The topological polar surface area (TPSA) is 79.5 Å². The number of aromatic amines is 1. The molecule has 45 heavy (non-hydrogen) atoms. The van der Waals surface area contributed by atoms with Gasteiger partial charge in [0.2, 0.25) is 0 Å². The quantitative estimate of drug-likeness (QED) is 0.103. The summed E-state index contributed by atoms with van der Waals surface area (Å²) in [6.45, 7) is 13.2. The van der Waals surface area contributed by atoms with Crippen molar-refractivity contribution in [3.05, 3.63) is 25.7 Å². The summed E-state index contributed by atoms with van der Waals surface area (Å²) in [6.07, 6.45) is -1.61. The zero-order valence-corrected chi connectivity index (χ0v) is 29.8. The van der Waals surface area contributed by atoms with Gasteiger partial charge in [-0.2, -0.15) is 4.98 Å². The number of nitrogens with zero attached hydrogens (tertiary/aromatic N) is 2. The van der Waals surface area contributed by atoms with Gasteiger partial charge >= 0.3 is 0 Å². The number of rotatable bonds is 12. The molecule has 1 unspecified atom stereocenters. The number of halogens is 6. The Morgan fingerprint density at radius 3 is 2.49 bits per heavy atom. The lowest BCUT2D eigenvalue weighted by molar-refractivity contribution is 0.107. The monoisotopic (exact) mass is 736 g/mol. The summed E-state index contributed by atoms with van der Waals surface area (Å²) in [4.78, 5) is 22.2. The van der Waals surface area contributed by atoms with E-state index in [-0.39, 0.29) is 45.4 Å². The summed E-state index contributed by atoms with van der Waals surface area (Å²) in [5.41, 5.74) is 2.86. The van der Waals surface area contributed by atoms with E-state index in [4.69, 9.17) is 21.1 Å². The van der Waals surface area contributed by atoms with Crippen molar-refractivity contribution in [2.24, 2.45) is 0 Å². The SMILES string of the molecule is CC(C)[Si](C#CC(COc1c(Cl)c(Br)c(F)c2nc(OC[C@@]34CCCN3C[C@H](F)C4)[nH]c(=O)c12)NCC(F)F)(C(C)C)C(C)C. The predicted octanol–water partition coefficient (Wildman–Crippen LogP) is 7.26. The maximum Gasteiger partial charge on any atom is 0.297 e.